The Kier molecular flexibility index (Phi) is 8.39. The molecular weight excluding hydrogens is 419 g/mol. The number of guanidine groups is 1. The van der Waals surface area contributed by atoms with Crippen LogP contribution in [0.3, 0.4) is 0 Å². The number of amides is 1. The number of nitrogens with zero attached hydrogens (tertiary/aromatic N) is 4. The maximum atomic E-state index is 12.8. The zero-order valence-corrected chi connectivity index (χ0v) is 18.4. The molecule has 0 atom stereocenters. The lowest BCUT2D eigenvalue weighted by atomic mass is 10.1. The van der Waals surface area contributed by atoms with E-state index in [1.54, 1.807) is 6.07 Å². The minimum absolute atomic E-state index is 0.187. The summed E-state index contributed by atoms with van der Waals surface area (Å²) < 4.78 is 38.5. The summed E-state index contributed by atoms with van der Waals surface area (Å²) in [5, 5.41) is 3.25. The molecule has 0 spiro atoms. The zero-order valence-electron chi connectivity index (χ0n) is 18.4. The van der Waals surface area contributed by atoms with E-state index < -0.39 is 11.7 Å². The first-order valence-corrected chi connectivity index (χ1v) is 11.1. The average Bonchev–Trinajstić information content (AvgIpc) is 3.31. The van der Waals surface area contributed by atoms with E-state index in [0.717, 1.165) is 70.2 Å². The van der Waals surface area contributed by atoms with Gasteiger partial charge >= 0.3 is 6.18 Å². The number of likely N-dealkylation sites (tertiary alicyclic amines) is 1. The molecule has 174 valence electrons. The summed E-state index contributed by atoms with van der Waals surface area (Å²) in [6.45, 7) is 8.13. The van der Waals surface area contributed by atoms with Crippen molar-refractivity contribution in [3.63, 3.8) is 0 Å². The van der Waals surface area contributed by atoms with Gasteiger partial charge in [0, 0.05) is 51.4 Å². The van der Waals surface area contributed by atoms with Gasteiger partial charge in [-0.05, 0) is 38.0 Å². The molecule has 0 unspecified atom stereocenters. The van der Waals surface area contributed by atoms with E-state index in [4.69, 9.17) is 0 Å². The van der Waals surface area contributed by atoms with Crippen LogP contribution in [-0.4, -0.2) is 85.5 Å². The molecule has 2 aliphatic rings. The van der Waals surface area contributed by atoms with Crippen molar-refractivity contribution in [3.05, 3.63) is 35.4 Å². The minimum atomic E-state index is -4.38. The van der Waals surface area contributed by atoms with E-state index in [2.05, 4.69) is 31.9 Å². The van der Waals surface area contributed by atoms with Gasteiger partial charge in [0.25, 0.3) is 0 Å². The number of carbonyl (C=O) groups excluding carboxylic acids is 1. The van der Waals surface area contributed by atoms with Gasteiger partial charge in [-0.3, -0.25) is 9.69 Å². The molecule has 9 heteroatoms. The van der Waals surface area contributed by atoms with E-state index in [-0.39, 0.29) is 12.5 Å². The summed E-state index contributed by atoms with van der Waals surface area (Å²) in [6, 6.07) is 4.99. The van der Waals surface area contributed by atoms with Crippen molar-refractivity contribution in [1.29, 1.82) is 0 Å². The van der Waals surface area contributed by atoms with E-state index in [0.29, 0.717) is 18.7 Å². The first-order valence-electron chi connectivity index (χ1n) is 11.1. The molecule has 0 aromatic heterocycles. The number of hydrogen-bond donors (Lipinski definition) is 1. The number of alkyl halides is 3. The molecule has 2 fully saturated rings. The lowest BCUT2D eigenvalue weighted by molar-refractivity contribution is -0.137. The molecule has 0 radical (unpaired) electrons. The predicted molar refractivity (Wildman–Crippen MR) is 118 cm³/mol. The topological polar surface area (TPSA) is 51.2 Å². The van der Waals surface area contributed by atoms with Gasteiger partial charge in [0.1, 0.15) is 6.54 Å². The van der Waals surface area contributed by atoms with E-state index in [1.807, 2.05) is 11.8 Å². The standard InChI is InChI=1S/C23H30F3N5O/c1-2-27-22(28-10-6-8-19-7-5-9-20(17-19)23(24,25)26)31-15-13-29(14-16-31)18-21(32)30-11-3-4-12-30/h5,7,9,17H,2-4,10-16,18H2,1H3,(H,27,28). The number of aliphatic imine (C=N–C) groups is 1. The van der Waals surface area contributed by atoms with Crippen molar-refractivity contribution in [2.45, 2.75) is 25.9 Å². The molecule has 2 aliphatic heterocycles. The summed E-state index contributed by atoms with van der Waals surface area (Å²) in [5.41, 5.74) is -0.390. The van der Waals surface area contributed by atoms with Crippen LogP contribution in [-0.2, 0) is 11.0 Å². The van der Waals surface area contributed by atoms with Crippen LogP contribution in [0.2, 0.25) is 0 Å². The minimum Gasteiger partial charge on any atom is -0.356 e. The Balaban J connectivity index is 1.52. The predicted octanol–water partition coefficient (Wildman–Crippen LogP) is 2.26. The highest BCUT2D eigenvalue weighted by molar-refractivity contribution is 5.80. The van der Waals surface area contributed by atoms with Crippen LogP contribution >= 0.6 is 0 Å². The van der Waals surface area contributed by atoms with Crippen molar-refractivity contribution in [1.82, 2.24) is 20.0 Å². The fraction of sp³-hybridized carbons (Fsp3) is 0.565. The molecule has 0 saturated carbocycles. The number of carbonyl (C=O) groups is 1. The van der Waals surface area contributed by atoms with Crippen molar-refractivity contribution >= 4 is 11.9 Å². The van der Waals surface area contributed by atoms with Crippen LogP contribution in [0.5, 0.6) is 0 Å². The molecule has 2 heterocycles. The second-order valence-electron chi connectivity index (χ2n) is 7.90. The van der Waals surface area contributed by atoms with Crippen LogP contribution in [0, 0.1) is 11.8 Å². The van der Waals surface area contributed by atoms with Crippen molar-refractivity contribution in [2.75, 3.05) is 58.9 Å². The Labute approximate surface area is 187 Å². The number of piperazine rings is 1. The normalized spacial score (nSPS) is 17.8. The lowest BCUT2D eigenvalue weighted by Crippen LogP contribution is -2.54. The van der Waals surface area contributed by atoms with Crippen LogP contribution in [0.25, 0.3) is 0 Å². The number of rotatable bonds is 4. The summed E-state index contributed by atoms with van der Waals surface area (Å²) in [6.07, 6.45) is -2.19. The molecule has 0 bridgehead atoms. The third kappa shape index (κ3) is 6.89. The van der Waals surface area contributed by atoms with E-state index in [9.17, 15) is 18.0 Å². The Morgan fingerprint density at radius 2 is 1.81 bits per heavy atom. The first-order chi connectivity index (χ1) is 15.4. The first kappa shape index (κ1) is 23.9. The van der Waals surface area contributed by atoms with Gasteiger partial charge in [-0.2, -0.15) is 13.2 Å². The molecular formula is C23H30F3N5O. The average molecular weight is 450 g/mol. The molecule has 32 heavy (non-hydrogen) atoms. The quantitative estimate of drug-likeness (QED) is 0.435. The smallest absolute Gasteiger partial charge is 0.356 e. The second-order valence-corrected chi connectivity index (χ2v) is 7.90. The largest absolute Gasteiger partial charge is 0.416 e. The fourth-order valence-corrected chi connectivity index (χ4v) is 3.83. The van der Waals surface area contributed by atoms with Crippen molar-refractivity contribution < 1.29 is 18.0 Å². The molecule has 0 aliphatic carbocycles. The third-order valence-corrected chi connectivity index (χ3v) is 5.55. The van der Waals surface area contributed by atoms with Crippen molar-refractivity contribution in [3.8, 4) is 11.8 Å². The second kappa shape index (κ2) is 11.2. The number of hydrogen-bond acceptors (Lipinski definition) is 3. The van der Waals surface area contributed by atoms with Crippen LogP contribution in [0.15, 0.2) is 29.3 Å². The van der Waals surface area contributed by atoms with Crippen LogP contribution in [0.1, 0.15) is 30.9 Å². The number of benzene rings is 1. The van der Waals surface area contributed by atoms with Gasteiger partial charge in [-0.15, -0.1) is 0 Å². The lowest BCUT2D eigenvalue weighted by Gasteiger charge is -2.36. The Bertz CT molecular complexity index is 860. The molecule has 3 rings (SSSR count). The Hall–Kier alpha value is -2.73. The van der Waals surface area contributed by atoms with Crippen molar-refractivity contribution in [2.24, 2.45) is 4.99 Å². The maximum Gasteiger partial charge on any atom is 0.416 e. The maximum absolute atomic E-state index is 12.8. The number of nitrogens with one attached hydrogen (secondary N) is 1. The highest BCUT2D eigenvalue weighted by atomic mass is 19.4. The number of halogens is 3. The van der Waals surface area contributed by atoms with Crippen LogP contribution in [0.4, 0.5) is 13.2 Å². The SMILES string of the molecule is CCNC(=NCC#Cc1cccc(C(F)(F)F)c1)N1CCN(CC(=O)N2CCCC2)CC1. The Morgan fingerprint density at radius 3 is 2.47 bits per heavy atom. The molecule has 1 aromatic rings. The van der Waals surface area contributed by atoms with Gasteiger partial charge in [-0.1, -0.05) is 17.9 Å². The van der Waals surface area contributed by atoms with Gasteiger partial charge in [-0.25, -0.2) is 4.99 Å². The molecule has 1 aromatic carbocycles. The highest BCUT2D eigenvalue weighted by Gasteiger charge is 2.30. The molecule has 2 saturated heterocycles. The van der Waals surface area contributed by atoms with Gasteiger partial charge in [0.05, 0.1) is 12.1 Å². The molecule has 1 amide bonds. The highest BCUT2D eigenvalue weighted by Crippen LogP contribution is 2.29. The summed E-state index contributed by atoms with van der Waals surface area (Å²) in [5.74, 6) is 6.54. The summed E-state index contributed by atoms with van der Waals surface area (Å²) in [7, 11) is 0. The third-order valence-electron chi connectivity index (χ3n) is 5.55. The molecule has 6 nitrogen and oxygen atoms in total. The van der Waals surface area contributed by atoms with Crippen LogP contribution < -0.4 is 5.32 Å². The van der Waals surface area contributed by atoms with Gasteiger partial charge < -0.3 is 15.1 Å². The van der Waals surface area contributed by atoms with Gasteiger partial charge in [0.15, 0.2) is 5.96 Å². The molecule has 1 N–H and O–H groups in total. The monoisotopic (exact) mass is 449 g/mol. The zero-order chi connectivity index (χ0) is 23.0. The Morgan fingerprint density at radius 1 is 1.09 bits per heavy atom. The van der Waals surface area contributed by atoms with E-state index >= 15 is 0 Å². The van der Waals surface area contributed by atoms with Gasteiger partial charge in [0.2, 0.25) is 5.91 Å². The summed E-state index contributed by atoms with van der Waals surface area (Å²) in [4.78, 5) is 23.1. The fourth-order valence-electron chi connectivity index (χ4n) is 3.83. The summed E-state index contributed by atoms with van der Waals surface area (Å²) >= 11 is 0. The van der Waals surface area contributed by atoms with E-state index in [1.165, 1.54) is 6.07 Å².